The van der Waals surface area contributed by atoms with E-state index in [-0.39, 0.29) is 6.04 Å². The van der Waals surface area contributed by atoms with Crippen molar-refractivity contribution < 1.29 is 0 Å². The van der Waals surface area contributed by atoms with Crippen LogP contribution in [-0.4, -0.2) is 31.8 Å². The van der Waals surface area contributed by atoms with Crippen LogP contribution in [0.15, 0.2) is 12.4 Å². The van der Waals surface area contributed by atoms with E-state index in [1.807, 2.05) is 31.7 Å². The minimum absolute atomic E-state index is 0.0363. The van der Waals surface area contributed by atoms with Gasteiger partial charge in [-0.25, -0.2) is 9.97 Å². The topological polar surface area (TPSA) is 80.5 Å². The number of nitrogens with one attached hydrogen (secondary N) is 2. The highest BCUT2D eigenvalue weighted by molar-refractivity contribution is 5.48. The predicted octanol–water partition coefficient (Wildman–Crippen LogP) is 1.70. The third kappa shape index (κ3) is 2.56. The van der Waals surface area contributed by atoms with Gasteiger partial charge in [0.15, 0.2) is 5.82 Å². The van der Waals surface area contributed by atoms with E-state index in [0.29, 0.717) is 5.92 Å². The van der Waals surface area contributed by atoms with Gasteiger partial charge in [0, 0.05) is 26.1 Å². The summed E-state index contributed by atoms with van der Waals surface area (Å²) in [5, 5.41) is 14.5. The molecule has 1 saturated carbocycles. The van der Waals surface area contributed by atoms with Gasteiger partial charge in [0.2, 0.25) is 0 Å². The first-order chi connectivity index (χ1) is 9.67. The highest BCUT2D eigenvalue weighted by Crippen LogP contribution is 2.39. The van der Waals surface area contributed by atoms with E-state index in [1.54, 1.807) is 6.33 Å². The molecule has 2 aromatic rings. The Morgan fingerprint density at radius 3 is 2.65 bits per heavy atom. The van der Waals surface area contributed by atoms with Crippen molar-refractivity contribution >= 4 is 11.6 Å². The summed E-state index contributed by atoms with van der Waals surface area (Å²) < 4.78 is 1.90. The molecule has 1 unspecified atom stereocenters. The van der Waals surface area contributed by atoms with E-state index in [1.165, 1.54) is 12.8 Å². The van der Waals surface area contributed by atoms with E-state index >= 15 is 0 Å². The van der Waals surface area contributed by atoms with E-state index in [2.05, 4.69) is 30.8 Å². The van der Waals surface area contributed by atoms with Crippen LogP contribution in [0.25, 0.3) is 0 Å². The Bertz CT molecular complexity index is 603. The third-order valence-corrected chi connectivity index (χ3v) is 3.44. The molecular weight excluding hydrogens is 254 g/mol. The van der Waals surface area contributed by atoms with Gasteiger partial charge < -0.3 is 15.2 Å². The lowest BCUT2D eigenvalue weighted by Crippen LogP contribution is -2.14. The van der Waals surface area contributed by atoms with E-state index < -0.39 is 0 Å². The lowest BCUT2D eigenvalue weighted by atomic mass is 10.3. The van der Waals surface area contributed by atoms with E-state index in [9.17, 15) is 0 Å². The summed E-state index contributed by atoms with van der Waals surface area (Å²) in [5.74, 6) is 3.98. The monoisotopic (exact) mass is 273 g/mol. The van der Waals surface area contributed by atoms with Gasteiger partial charge in [-0.05, 0) is 19.8 Å². The van der Waals surface area contributed by atoms with Crippen molar-refractivity contribution in [3.05, 3.63) is 24.0 Å². The minimum atomic E-state index is 0.0363. The molecule has 0 saturated heterocycles. The Hall–Kier alpha value is -2.18. The summed E-state index contributed by atoms with van der Waals surface area (Å²) in [6.07, 6.45) is 4.07. The molecule has 2 heterocycles. The number of anilines is 2. The van der Waals surface area contributed by atoms with Crippen LogP contribution < -0.4 is 10.6 Å². The quantitative estimate of drug-likeness (QED) is 0.863. The van der Waals surface area contributed by atoms with Crippen LogP contribution in [0, 0.1) is 0 Å². The Morgan fingerprint density at radius 1 is 1.30 bits per heavy atom. The number of aryl methyl sites for hydroxylation is 1. The minimum Gasteiger partial charge on any atom is -0.373 e. The molecule has 0 spiro atoms. The Labute approximate surface area is 117 Å². The summed E-state index contributed by atoms with van der Waals surface area (Å²) in [7, 11) is 3.80. The first-order valence-electron chi connectivity index (χ1n) is 6.84. The first-order valence-corrected chi connectivity index (χ1v) is 6.84. The number of rotatable bonds is 5. The van der Waals surface area contributed by atoms with Gasteiger partial charge in [0.05, 0.1) is 6.04 Å². The molecule has 106 valence electrons. The molecule has 1 atom stereocenters. The van der Waals surface area contributed by atoms with Gasteiger partial charge >= 0.3 is 0 Å². The first kappa shape index (κ1) is 12.8. The molecule has 0 amide bonds. The summed E-state index contributed by atoms with van der Waals surface area (Å²) in [6, 6.07) is 1.95. The molecule has 7 heteroatoms. The van der Waals surface area contributed by atoms with E-state index in [0.717, 1.165) is 23.3 Å². The van der Waals surface area contributed by atoms with Crippen LogP contribution in [0.5, 0.6) is 0 Å². The van der Waals surface area contributed by atoms with Gasteiger partial charge in [0.1, 0.15) is 23.8 Å². The normalized spacial score (nSPS) is 15.9. The van der Waals surface area contributed by atoms with Crippen molar-refractivity contribution in [1.29, 1.82) is 0 Å². The predicted molar refractivity (Wildman–Crippen MR) is 76.6 cm³/mol. The van der Waals surface area contributed by atoms with Crippen LogP contribution in [0.1, 0.15) is 43.4 Å². The zero-order chi connectivity index (χ0) is 14.1. The van der Waals surface area contributed by atoms with Gasteiger partial charge in [-0.3, -0.25) is 0 Å². The van der Waals surface area contributed by atoms with Crippen molar-refractivity contribution in [1.82, 2.24) is 24.7 Å². The zero-order valence-corrected chi connectivity index (χ0v) is 12.0. The van der Waals surface area contributed by atoms with Crippen LogP contribution in [0.2, 0.25) is 0 Å². The van der Waals surface area contributed by atoms with Crippen LogP contribution in [0.4, 0.5) is 11.6 Å². The molecule has 0 aliphatic heterocycles. The lowest BCUT2D eigenvalue weighted by molar-refractivity contribution is 0.714. The fourth-order valence-corrected chi connectivity index (χ4v) is 2.16. The molecule has 2 aromatic heterocycles. The summed E-state index contributed by atoms with van der Waals surface area (Å²) in [6.45, 7) is 2.04. The molecule has 1 fully saturated rings. The second kappa shape index (κ2) is 5.07. The molecule has 20 heavy (non-hydrogen) atoms. The molecule has 7 nitrogen and oxygen atoms in total. The number of nitrogens with zero attached hydrogens (tertiary/aromatic N) is 5. The smallest absolute Gasteiger partial charge is 0.154 e. The van der Waals surface area contributed by atoms with Gasteiger partial charge in [-0.1, -0.05) is 0 Å². The second-order valence-corrected chi connectivity index (χ2v) is 5.19. The molecule has 2 N–H and O–H groups in total. The fourth-order valence-electron chi connectivity index (χ4n) is 2.16. The van der Waals surface area contributed by atoms with Gasteiger partial charge in [0.25, 0.3) is 0 Å². The highest BCUT2D eigenvalue weighted by atomic mass is 15.3. The lowest BCUT2D eigenvalue weighted by Gasteiger charge is -2.15. The highest BCUT2D eigenvalue weighted by Gasteiger charge is 2.27. The Kier molecular flexibility index (Phi) is 3.25. The van der Waals surface area contributed by atoms with Gasteiger partial charge in [-0.2, -0.15) is 0 Å². The van der Waals surface area contributed by atoms with Crippen molar-refractivity contribution in [2.45, 2.75) is 31.7 Å². The van der Waals surface area contributed by atoms with Crippen LogP contribution >= 0.6 is 0 Å². The molecule has 3 rings (SSSR count). The second-order valence-electron chi connectivity index (χ2n) is 5.19. The standard InChI is InChI=1S/C13H19N7/c1-8(13-19-15-7-20(13)3)16-11-6-10(14-2)17-12(18-11)9-4-5-9/h6-9H,4-5H2,1-3H3,(H2,14,16,17,18). The van der Waals surface area contributed by atoms with Crippen molar-refractivity contribution in [2.24, 2.45) is 7.05 Å². The molecule has 0 bridgehead atoms. The maximum Gasteiger partial charge on any atom is 0.154 e. The fraction of sp³-hybridized carbons (Fsp3) is 0.538. The van der Waals surface area contributed by atoms with Crippen LogP contribution in [0.3, 0.4) is 0 Å². The van der Waals surface area contributed by atoms with Crippen LogP contribution in [-0.2, 0) is 7.05 Å². The Balaban J connectivity index is 1.82. The number of aromatic nitrogens is 5. The Morgan fingerprint density at radius 2 is 2.05 bits per heavy atom. The summed E-state index contributed by atoms with van der Waals surface area (Å²) >= 11 is 0. The van der Waals surface area contributed by atoms with Gasteiger partial charge in [-0.15, -0.1) is 10.2 Å². The zero-order valence-electron chi connectivity index (χ0n) is 12.0. The van der Waals surface area contributed by atoms with Crippen molar-refractivity contribution in [3.63, 3.8) is 0 Å². The SMILES string of the molecule is CNc1cc(NC(C)c2nncn2C)nc(C2CC2)n1. The molecule has 0 aromatic carbocycles. The number of hydrogen-bond donors (Lipinski definition) is 2. The molecule has 1 aliphatic carbocycles. The molecular formula is C13H19N7. The largest absolute Gasteiger partial charge is 0.373 e. The summed E-state index contributed by atoms with van der Waals surface area (Å²) in [5.41, 5.74) is 0. The average Bonchev–Trinajstić information content (AvgIpc) is 3.20. The molecule has 1 aliphatic rings. The summed E-state index contributed by atoms with van der Waals surface area (Å²) in [4.78, 5) is 9.11. The number of hydrogen-bond acceptors (Lipinski definition) is 6. The van der Waals surface area contributed by atoms with E-state index in [4.69, 9.17) is 0 Å². The van der Waals surface area contributed by atoms with Crippen molar-refractivity contribution in [2.75, 3.05) is 17.7 Å². The molecule has 0 radical (unpaired) electrons. The third-order valence-electron chi connectivity index (χ3n) is 3.44. The maximum atomic E-state index is 4.60. The maximum absolute atomic E-state index is 4.60. The average molecular weight is 273 g/mol. The van der Waals surface area contributed by atoms with Crippen molar-refractivity contribution in [3.8, 4) is 0 Å².